The molecule has 1 aliphatic rings. The van der Waals surface area contributed by atoms with E-state index in [9.17, 15) is 13.5 Å². The first-order chi connectivity index (χ1) is 15.1. The van der Waals surface area contributed by atoms with E-state index in [-0.39, 0.29) is 16.9 Å². The lowest BCUT2D eigenvalue weighted by Gasteiger charge is -2.28. The highest BCUT2D eigenvalue weighted by molar-refractivity contribution is 7.94. The third-order valence-corrected chi connectivity index (χ3v) is 9.92. The van der Waals surface area contributed by atoms with E-state index in [1.807, 2.05) is 55.5 Å². The molecule has 172 valence electrons. The van der Waals surface area contributed by atoms with E-state index < -0.39 is 26.3 Å². The minimum atomic E-state index is -3.82. The third kappa shape index (κ3) is 5.05. The summed E-state index contributed by atoms with van der Waals surface area (Å²) in [6.45, 7) is 6.01. The highest BCUT2D eigenvalue weighted by Crippen LogP contribution is 2.43. The van der Waals surface area contributed by atoms with Gasteiger partial charge < -0.3 is 14.6 Å². The average molecular weight is 476 g/mol. The van der Waals surface area contributed by atoms with Crippen LogP contribution in [0.4, 0.5) is 0 Å². The smallest absolute Gasteiger partial charge is 0.211 e. The van der Waals surface area contributed by atoms with Crippen molar-refractivity contribution in [3.63, 3.8) is 0 Å². The number of para-hydroxylation sites is 1. The van der Waals surface area contributed by atoms with Crippen molar-refractivity contribution in [2.45, 2.75) is 67.1 Å². The van der Waals surface area contributed by atoms with E-state index in [1.54, 1.807) is 19.9 Å². The number of nitrogens with zero attached hydrogens (tertiary/aromatic N) is 1. The molecule has 3 atom stereocenters. The van der Waals surface area contributed by atoms with Crippen molar-refractivity contribution in [1.82, 2.24) is 4.98 Å². The minimum Gasteiger partial charge on any atom is -0.389 e. The summed E-state index contributed by atoms with van der Waals surface area (Å²) in [5, 5.41) is 9.75. The maximum absolute atomic E-state index is 13.4. The predicted octanol–water partition coefficient (Wildman–Crippen LogP) is 4.36. The highest BCUT2D eigenvalue weighted by atomic mass is 32.2. The van der Waals surface area contributed by atoms with Gasteiger partial charge in [0.1, 0.15) is 6.10 Å². The van der Waals surface area contributed by atoms with E-state index in [4.69, 9.17) is 9.47 Å². The second-order valence-corrected chi connectivity index (χ2v) is 12.4. The van der Waals surface area contributed by atoms with Gasteiger partial charge in [0.2, 0.25) is 14.2 Å². The quantitative estimate of drug-likeness (QED) is 0.438. The molecule has 1 aliphatic heterocycles. The summed E-state index contributed by atoms with van der Waals surface area (Å²) in [7, 11) is -3.82. The van der Waals surface area contributed by atoms with Gasteiger partial charge in [-0.2, -0.15) is 0 Å². The number of hydrogen-bond donors (Lipinski definition) is 1. The number of hydrogen-bond acceptors (Lipinski definition) is 7. The molecule has 4 rings (SSSR count). The highest BCUT2D eigenvalue weighted by Gasteiger charge is 2.53. The topological polar surface area (TPSA) is 89.0 Å². The summed E-state index contributed by atoms with van der Waals surface area (Å²) in [5.41, 5.74) is -0.123. The Balaban J connectivity index is 1.40. The first-order valence-corrected chi connectivity index (χ1v) is 13.1. The van der Waals surface area contributed by atoms with Crippen LogP contribution < -0.4 is 0 Å². The Bertz CT molecular complexity index is 1140. The number of epoxide rings is 1. The number of ether oxygens (including phenoxy) is 2. The summed E-state index contributed by atoms with van der Waals surface area (Å²) in [5.74, 6) is 0. The second kappa shape index (κ2) is 8.83. The molecule has 1 saturated heterocycles. The number of aromatic nitrogens is 1. The molecule has 3 unspecified atom stereocenters. The van der Waals surface area contributed by atoms with Crippen LogP contribution in [0, 0.1) is 0 Å². The fourth-order valence-corrected chi connectivity index (χ4v) is 7.42. The van der Waals surface area contributed by atoms with Crippen molar-refractivity contribution >= 4 is 31.4 Å². The van der Waals surface area contributed by atoms with E-state index in [0.717, 1.165) is 21.6 Å². The Morgan fingerprint density at radius 2 is 1.88 bits per heavy atom. The molecule has 1 aromatic heterocycles. The van der Waals surface area contributed by atoms with Gasteiger partial charge in [0.25, 0.3) is 0 Å². The van der Waals surface area contributed by atoms with E-state index in [2.05, 4.69) is 4.98 Å². The molecule has 2 heterocycles. The summed E-state index contributed by atoms with van der Waals surface area (Å²) >= 11 is 1.15. The molecule has 0 spiro atoms. The Morgan fingerprint density at radius 1 is 1.19 bits per heavy atom. The van der Waals surface area contributed by atoms with Crippen LogP contribution in [-0.2, 0) is 25.9 Å². The molecular formula is C24H29NO5S2. The number of thiazole rings is 1. The standard InChI is InChI=1S/C24H29NO5S2/c1-23(2,26)21(32(27,28)22-25-18-11-7-8-12-19(18)31-22)13-14-24(3)20(30-24)16-29-15-17-9-5-4-6-10-17/h4-12,20-21,26H,13-16H2,1-3H3. The van der Waals surface area contributed by atoms with Crippen LogP contribution in [0.2, 0.25) is 0 Å². The van der Waals surface area contributed by atoms with Gasteiger partial charge in [0.15, 0.2) is 0 Å². The van der Waals surface area contributed by atoms with Crippen LogP contribution in [0.15, 0.2) is 58.9 Å². The molecule has 6 nitrogen and oxygen atoms in total. The molecule has 0 saturated carbocycles. The maximum atomic E-state index is 13.4. The lowest BCUT2D eigenvalue weighted by molar-refractivity contribution is 0.0698. The lowest BCUT2D eigenvalue weighted by Crippen LogP contribution is -2.42. The van der Waals surface area contributed by atoms with Crippen LogP contribution in [0.3, 0.4) is 0 Å². The molecule has 0 radical (unpaired) electrons. The Kier molecular flexibility index (Phi) is 6.44. The second-order valence-electron chi connectivity index (χ2n) is 9.09. The van der Waals surface area contributed by atoms with E-state index >= 15 is 0 Å². The Hall–Kier alpha value is -1.84. The molecular weight excluding hydrogens is 446 g/mol. The molecule has 1 fully saturated rings. The molecule has 2 aromatic carbocycles. The van der Waals surface area contributed by atoms with Crippen LogP contribution in [0.25, 0.3) is 10.2 Å². The number of sulfone groups is 1. The van der Waals surface area contributed by atoms with Gasteiger partial charge in [-0.3, -0.25) is 0 Å². The summed E-state index contributed by atoms with van der Waals surface area (Å²) < 4.78 is 39.3. The molecule has 1 N–H and O–H groups in total. The maximum Gasteiger partial charge on any atom is 0.211 e. The van der Waals surface area contributed by atoms with Crippen molar-refractivity contribution in [3.8, 4) is 0 Å². The Morgan fingerprint density at radius 3 is 2.56 bits per heavy atom. The van der Waals surface area contributed by atoms with Gasteiger partial charge in [0, 0.05) is 0 Å². The fourth-order valence-electron chi connectivity index (χ4n) is 3.98. The molecule has 32 heavy (non-hydrogen) atoms. The van der Waals surface area contributed by atoms with Crippen LogP contribution in [0.1, 0.15) is 39.2 Å². The average Bonchev–Trinajstić information content (AvgIpc) is 3.17. The zero-order chi connectivity index (χ0) is 23.0. The lowest BCUT2D eigenvalue weighted by atomic mass is 9.94. The summed E-state index contributed by atoms with van der Waals surface area (Å²) in [6.07, 6.45) is 0.692. The van der Waals surface area contributed by atoms with Gasteiger partial charge in [0.05, 0.1) is 39.9 Å². The normalized spacial score (nSPS) is 22.2. The van der Waals surface area contributed by atoms with Gasteiger partial charge in [-0.1, -0.05) is 42.5 Å². The number of rotatable bonds is 10. The van der Waals surface area contributed by atoms with Gasteiger partial charge in [-0.25, -0.2) is 13.4 Å². The predicted molar refractivity (Wildman–Crippen MR) is 126 cm³/mol. The summed E-state index contributed by atoms with van der Waals surface area (Å²) in [4.78, 5) is 4.33. The SMILES string of the molecule is CC(C)(O)C(CCC1(C)OC1COCc1ccccc1)S(=O)(=O)c1nc2ccccc2s1. The fraction of sp³-hybridized carbons (Fsp3) is 0.458. The van der Waals surface area contributed by atoms with Crippen LogP contribution in [0.5, 0.6) is 0 Å². The zero-order valence-corrected chi connectivity index (χ0v) is 20.2. The summed E-state index contributed by atoms with van der Waals surface area (Å²) in [6, 6.07) is 17.3. The zero-order valence-electron chi connectivity index (χ0n) is 18.5. The van der Waals surface area contributed by atoms with Crippen molar-refractivity contribution in [2.24, 2.45) is 0 Å². The molecule has 3 aromatic rings. The van der Waals surface area contributed by atoms with E-state index in [1.165, 1.54) is 0 Å². The van der Waals surface area contributed by atoms with Crippen LogP contribution >= 0.6 is 11.3 Å². The van der Waals surface area contributed by atoms with Crippen LogP contribution in [-0.4, -0.2) is 47.7 Å². The monoisotopic (exact) mass is 475 g/mol. The third-order valence-electron chi connectivity index (χ3n) is 6.00. The van der Waals surface area contributed by atoms with Crippen molar-refractivity contribution in [1.29, 1.82) is 0 Å². The largest absolute Gasteiger partial charge is 0.389 e. The number of benzene rings is 2. The van der Waals surface area contributed by atoms with Crippen molar-refractivity contribution < 1.29 is 23.0 Å². The van der Waals surface area contributed by atoms with Crippen molar-refractivity contribution in [3.05, 3.63) is 60.2 Å². The van der Waals surface area contributed by atoms with E-state index in [0.29, 0.717) is 25.2 Å². The minimum absolute atomic E-state index is 0.0513. The molecule has 0 bridgehead atoms. The number of fused-ring (bicyclic) bond motifs is 1. The first kappa shape index (κ1) is 23.3. The Labute approximate surface area is 193 Å². The van der Waals surface area contributed by atoms with Gasteiger partial charge >= 0.3 is 0 Å². The van der Waals surface area contributed by atoms with Crippen molar-refractivity contribution in [2.75, 3.05) is 6.61 Å². The first-order valence-electron chi connectivity index (χ1n) is 10.7. The van der Waals surface area contributed by atoms with Gasteiger partial charge in [-0.05, 0) is 51.3 Å². The molecule has 8 heteroatoms. The molecule has 0 aliphatic carbocycles. The van der Waals surface area contributed by atoms with Gasteiger partial charge in [-0.15, -0.1) is 11.3 Å². The molecule has 0 amide bonds. The number of aliphatic hydroxyl groups is 1.